The predicted octanol–water partition coefficient (Wildman–Crippen LogP) is 8.49. The number of fused-ring (bicyclic) bond motifs is 1. The zero-order valence-corrected chi connectivity index (χ0v) is 23.7. The average molecular weight is 566 g/mol. The van der Waals surface area contributed by atoms with Gasteiger partial charge in [-0.05, 0) is 71.8 Å². The Bertz CT molecular complexity index is 1630. The molecule has 0 amide bonds. The van der Waals surface area contributed by atoms with Crippen molar-refractivity contribution in [1.29, 1.82) is 0 Å². The number of ether oxygens (including phenoxy) is 2. The van der Waals surface area contributed by atoms with Gasteiger partial charge in [-0.2, -0.15) is 0 Å². The summed E-state index contributed by atoms with van der Waals surface area (Å²) in [4.78, 5) is 13.1. The Balaban J connectivity index is 1.19. The summed E-state index contributed by atoms with van der Waals surface area (Å²) >= 11 is 3.29. The van der Waals surface area contributed by atoms with Crippen molar-refractivity contribution >= 4 is 34.6 Å². The molecule has 0 saturated carbocycles. The molecule has 6 rings (SSSR count). The van der Waals surface area contributed by atoms with E-state index in [1.807, 2.05) is 72.8 Å². The number of aromatic nitrogens is 3. The van der Waals surface area contributed by atoms with Crippen LogP contribution in [0.1, 0.15) is 11.1 Å². The zero-order valence-electron chi connectivity index (χ0n) is 22.1. The molecule has 0 atom stereocenters. The van der Waals surface area contributed by atoms with Gasteiger partial charge >= 0.3 is 0 Å². The summed E-state index contributed by atoms with van der Waals surface area (Å²) in [6.07, 6.45) is 0. The van der Waals surface area contributed by atoms with E-state index in [0.29, 0.717) is 5.22 Å². The molecule has 0 radical (unpaired) electrons. The number of hydrogen-bond donors (Lipinski definition) is 1. The minimum absolute atomic E-state index is 0.689. The molecular formula is C32H27N3O3S2. The highest BCUT2D eigenvalue weighted by molar-refractivity contribution is 7.98. The molecule has 0 fully saturated rings. The van der Waals surface area contributed by atoms with E-state index in [1.54, 1.807) is 37.7 Å². The number of hydrogen-bond acceptors (Lipinski definition) is 7. The lowest BCUT2D eigenvalue weighted by Crippen LogP contribution is -1.87. The molecular weight excluding hydrogens is 539 g/mol. The number of methoxy groups -OCH3 is 2. The van der Waals surface area contributed by atoms with Gasteiger partial charge in [0.05, 0.1) is 25.6 Å². The van der Waals surface area contributed by atoms with Gasteiger partial charge in [-0.15, -0.1) is 0 Å². The molecule has 6 aromatic rings. The molecule has 0 bridgehead atoms. The van der Waals surface area contributed by atoms with Crippen LogP contribution < -0.4 is 9.47 Å². The van der Waals surface area contributed by atoms with Gasteiger partial charge < -0.3 is 18.9 Å². The fraction of sp³-hybridized carbons (Fsp3) is 0.125. The van der Waals surface area contributed by atoms with Crippen LogP contribution in [0.15, 0.2) is 112 Å². The van der Waals surface area contributed by atoms with E-state index in [-0.39, 0.29) is 0 Å². The van der Waals surface area contributed by atoms with Crippen LogP contribution in [0.5, 0.6) is 11.5 Å². The maximum Gasteiger partial charge on any atom is 0.257 e. The van der Waals surface area contributed by atoms with Crippen LogP contribution >= 0.6 is 23.5 Å². The minimum atomic E-state index is 0.689. The maximum absolute atomic E-state index is 5.86. The lowest BCUT2D eigenvalue weighted by atomic mass is 10.0. The third-order valence-electron chi connectivity index (χ3n) is 6.43. The molecule has 0 unspecified atom stereocenters. The van der Waals surface area contributed by atoms with E-state index in [0.717, 1.165) is 61.8 Å². The van der Waals surface area contributed by atoms with E-state index in [2.05, 4.69) is 34.2 Å². The number of rotatable bonds is 10. The van der Waals surface area contributed by atoms with E-state index in [1.165, 1.54) is 11.1 Å². The van der Waals surface area contributed by atoms with Crippen LogP contribution in [0.4, 0.5) is 0 Å². The van der Waals surface area contributed by atoms with Crippen LogP contribution in [0.2, 0.25) is 0 Å². The molecule has 200 valence electrons. The first-order valence-electron chi connectivity index (χ1n) is 12.8. The van der Waals surface area contributed by atoms with Crippen LogP contribution in [-0.2, 0) is 11.5 Å². The highest BCUT2D eigenvalue weighted by Gasteiger charge is 2.15. The van der Waals surface area contributed by atoms with Gasteiger partial charge in [0.25, 0.3) is 5.22 Å². The summed E-state index contributed by atoms with van der Waals surface area (Å²) in [6.45, 7) is 0. The Kier molecular flexibility index (Phi) is 7.79. The summed E-state index contributed by atoms with van der Waals surface area (Å²) in [5, 5.41) is 1.55. The number of nitrogens with one attached hydrogen (secondary N) is 1. The molecule has 1 N–H and O–H groups in total. The molecule has 0 aliphatic heterocycles. The molecule has 6 nitrogen and oxygen atoms in total. The third kappa shape index (κ3) is 5.88. The summed E-state index contributed by atoms with van der Waals surface area (Å²) in [5.41, 5.74) is 8.10. The second kappa shape index (κ2) is 11.9. The molecule has 8 heteroatoms. The van der Waals surface area contributed by atoms with Crippen molar-refractivity contribution in [2.45, 2.75) is 21.9 Å². The van der Waals surface area contributed by atoms with Crippen LogP contribution in [0.3, 0.4) is 0 Å². The zero-order chi connectivity index (χ0) is 27.3. The molecule has 0 aliphatic rings. The van der Waals surface area contributed by atoms with Crippen molar-refractivity contribution in [2.75, 3.05) is 14.2 Å². The fourth-order valence-electron chi connectivity index (χ4n) is 4.36. The van der Waals surface area contributed by atoms with Crippen molar-refractivity contribution in [3.63, 3.8) is 0 Å². The summed E-state index contributed by atoms with van der Waals surface area (Å²) in [5.74, 6) is 3.21. The molecule has 0 aliphatic carbocycles. The molecule has 0 spiro atoms. The van der Waals surface area contributed by atoms with Gasteiger partial charge in [-0.25, -0.2) is 9.97 Å². The molecule has 0 saturated heterocycles. The molecule has 2 aromatic heterocycles. The lowest BCUT2D eigenvalue weighted by Gasteiger charge is -2.06. The Morgan fingerprint density at radius 2 is 1.35 bits per heavy atom. The largest absolute Gasteiger partial charge is 0.497 e. The standard InChI is InChI=1S/C32H27N3O3S2/c1-36-25-14-10-23(11-15-25)29-30(24-12-16-26(37-2)17-13-24)35-31(34-29)39-19-21-6-5-7-22(18-21)20-40-32-33-27-8-3-4-9-28(27)38-32/h3-18H,19-20H2,1-2H3,(H,34,35). The number of oxazole rings is 1. The second-order valence-corrected chi connectivity index (χ2v) is 11.0. The Labute approximate surface area is 241 Å². The number of H-pyrrole nitrogens is 1. The number of aromatic amines is 1. The monoisotopic (exact) mass is 565 g/mol. The SMILES string of the molecule is COc1ccc(-c2nc(SCc3cccc(CSc4nc5ccccc5o4)c3)[nH]c2-c2ccc(OC)cc2)cc1. The number of imidazole rings is 1. The van der Waals surface area contributed by atoms with Crippen molar-refractivity contribution in [3.8, 4) is 34.0 Å². The number of para-hydroxylation sites is 2. The van der Waals surface area contributed by atoms with E-state index < -0.39 is 0 Å². The maximum atomic E-state index is 5.86. The van der Waals surface area contributed by atoms with Gasteiger partial charge in [0, 0.05) is 22.6 Å². The normalized spacial score (nSPS) is 11.2. The van der Waals surface area contributed by atoms with Gasteiger partial charge in [-0.1, -0.05) is 59.9 Å². The van der Waals surface area contributed by atoms with Crippen LogP contribution in [0.25, 0.3) is 33.6 Å². The van der Waals surface area contributed by atoms with E-state index in [9.17, 15) is 0 Å². The number of thioether (sulfide) groups is 2. The fourth-order valence-corrected chi connectivity index (χ4v) is 5.96. The van der Waals surface area contributed by atoms with Crippen molar-refractivity contribution in [3.05, 3.63) is 108 Å². The van der Waals surface area contributed by atoms with Gasteiger partial charge in [0.15, 0.2) is 10.7 Å². The number of benzene rings is 4. The number of nitrogens with zero attached hydrogens (tertiary/aromatic N) is 2. The first-order chi connectivity index (χ1) is 19.7. The predicted molar refractivity (Wildman–Crippen MR) is 162 cm³/mol. The first kappa shape index (κ1) is 26.1. The minimum Gasteiger partial charge on any atom is -0.497 e. The molecule has 40 heavy (non-hydrogen) atoms. The lowest BCUT2D eigenvalue weighted by molar-refractivity contribution is 0.414. The van der Waals surface area contributed by atoms with E-state index in [4.69, 9.17) is 18.9 Å². The smallest absolute Gasteiger partial charge is 0.257 e. The van der Waals surface area contributed by atoms with Crippen molar-refractivity contribution in [2.24, 2.45) is 0 Å². The second-order valence-electron chi connectivity index (χ2n) is 9.07. The summed E-state index contributed by atoms with van der Waals surface area (Å²) in [7, 11) is 3.34. The first-order valence-corrected chi connectivity index (χ1v) is 14.7. The molecule has 4 aromatic carbocycles. The van der Waals surface area contributed by atoms with Crippen LogP contribution in [0, 0.1) is 0 Å². The summed E-state index contributed by atoms with van der Waals surface area (Å²) < 4.78 is 16.6. The Morgan fingerprint density at radius 3 is 2.02 bits per heavy atom. The summed E-state index contributed by atoms with van der Waals surface area (Å²) in [6, 6.07) is 32.5. The highest BCUT2D eigenvalue weighted by atomic mass is 32.2. The Morgan fingerprint density at radius 1 is 0.700 bits per heavy atom. The topological polar surface area (TPSA) is 73.2 Å². The van der Waals surface area contributed by atoms with Crippen molar-refractivity contribution < 1.29 is 13.9 Å². The van der Waals surface area contributed by atoms with Crippen molar-refractivity contribution in [1.82, 2.24) is 15.0 Å². The average Bonchev–Trinajstić information content (AvgIpc) is 3.64. The Hall–Kier alpha value is -4.14. The highest BCUT2D eigenvalue weighted by Crippen LogP contribution is 2.35. The van der Waals surface area contributed by atoms with Gasteiger partial charge in [-0.3, -0.25) is 0 Å². The van der Waals surface area contributed by atoms with Crippen LogP contribution in [-0.4, -0.2) is 29.2 Å². The third-order valence-corrected chi connectivity index (χ3v) is 8.27. The quantitative estimate of drug-likeness (QED) is 0.167. The van der Waals surface area contributed by atoms with E-state index >= 15 is 0 Å². The van der Waals surface area contributed by atoms with Gasteiger partial charge in [0.1, 0.15) is 17.0 Å². The van der Waals surface area contributed by atoms with Gasteiger partial charge in [0.2, 0.25) is 0 Å². The molecule has 2 heterocycles.